The summed E-state index contributed by atoms with van der Waals surface area (Å²) in [4.78, 5) is 15.6. The first-order valence-electron chi connectivity index (χ1n) is 4.89. The Bertz CT molecular complexity index is 495. The zero-order valence-corrected chi connectivity index (χ0v) is 10.1. The van der Waals surface area contributed by atoms with E-state index in [2.05, 4.69) is 4.98 Å². The van der Waals surface area contributed by atoms with Crippen molar-refractivity contribution in [2.75, 3.05) is 0 Å². The highest BCUT2D eigenvalue weighted by Crippen LogP contribution is 2.18. The van der Waals surface area contributed by atoms with Gasteiger partial charge in [-0.2, -0.15) is 0 Å². The molecule has 0 spiro atoms. The van der Waals surface area contributed by atoms with E-state index in [9.17, 15) is 4.79 Å². The molecule has 0 saturated heterocycles. The van der Waals surface area contributed by atoms with Crippen molar-refractivity contribution in [1.82, 2.24) is 4.98 Å². The van der Waals surface area contributed by atoms with Gasteiger partial charge in [-0.3, -0.25) is 0 Å². The van der Waals surface area contributed by atoms with E-state index in [4.69, 9.17) is 11.6 Å². The molecule has 0 aliphatic rings. The highest BCUT2D eigenvalue weighted by Gasteiger charge is 2.03. The van der Waals surface area contributed by atoms with Gasteiger partial charge >= 0.3 is 0 Å². The molecule has 1 aromatic carbocycles. The molecule has 0 aliphatic heterocycles. The minimum absolute atomic E-state index is 0.452. The first kappa shape index (κ1) is 11.3. The van der Waals surface area contributed by atoms with Gasteiger partial charge in [0.05, 0.1) is 5.01 Å². The zero-order valence-electron chi connectivity index (χ0n) is 8.52. The van der Waals surface area contributed by atoms with E-state index in [1.165, 1.54) is 0 Å². The molecule has 82 valence electrons. The second-order valence-electron chi connectivity index (χ2n) is 3.40. The van der Waals surface area contributed by atoms with E-state index in [-0.39, 0.29) is 0 Å². The maximum atomic E-state index is 10.3. The minimum Gasteiger partial charge on any atom is -0.303 e. The average molecular weight is 252 g/mol. The summed E-state index contributed by atoms with van der Waals surface area (Å²) in [5.74, 6) is 0. The van der Waals surface area contributed by atoms with Crippen molar-refractivity contribution in [2.45, 2.75) is 12.8 Å². The van der Waals surface area contributed by atoms with Crippen LogP contribution >= 0.6 is 22.9 Å². The van der Waals surface area contributed by atoms with Gasteiger partial charge in [0.15, 0.2) is 0 Å². The third kappa shape index (κ3) is 2.90. The Morgan fingerprint density at radius 3 is 3.06 bits per heavy atom. The first-order chi connectivity index (χ1) is 7.78. The molecular formula is C12H10ClNOS. The number of nitrogens with zero attached hydrogens (tertiary/aromatic N) is 1. The maximum absolute atomic E-state index is 10.3. The van der Waals surface area contributed by atoms with Crippen LogP contribution in [-0.4, -0.2) is 11.3 Å². The number of hydrogen-bond acceptors (Lipinski definition) is 3. The topological polar surface area (TPSA) is 30.0 Å². The third-order valence-electron chi connectivity index (χ3n) is 2.13. The number of rotatable bonds is 4. The number of hydrogen-bond donors (Lipinski definition) is 0. The molecule has 2 rings (SSSR count). The molecule has 16 heavy (non-hydrogen) atoms. The van der Waals surface area contributed by atoms with Gasteiger partial charge in [0, 0.05) is 28.9 Å². The van der Waals surface area contributed by atoms with Crippen LogP contribution in [-0.2, 0) is 17.6 Å². The van der Waals surface area contributed by atoms with Crippen molar-refractivity contribution < 1.29 is 4.79 Å². The van der Waals surface area contributed by atoms with E-state index in [0.717, 1.165) is 33.2 Å². The molecule has 2 nitrogen and oxygen atoms in total. The summed E-state index contributed by atoms with van der Waals surface area (Å²) in [6, 6.07) is 7.73. The van der Waals surface area contributed by atoms with Gasteiger partial charge in [-0.25, -0.2) is 4.98 Å². The number of aldehydes is 1. The van der Waals surface area contributed by atoms with Crippen LogP contribution in [0.25, 0.3) is 0 Å². The zero-order chi connectivity index (χ0) is 11.4. The summed E-state index contributed by atoms with van der Waals surface area (Å²) in [7, 11) is 0. The molecule has 0 bridgehead atoms. The van der Waals surface area contributed by atoms with Crippen molar-refractivity contribution in [1.29, 1.82) is 0 Å². The standard InChI is InChI=1S/C12H10ClNOS/c13-10-3-1-2-9(6-10)7-12-14-8-11(16-12)4-5-15/h1-3,5-6,8H,4,7H2. The fourth-order valence-electron chi connectivity index (χ4n) is 1.43. The van der Waals surface area contributed by atoms with Crippen LogP contribution in [0.3, 0.4) is 0 Å². The minimum atomic E-state index is 0.452. The van der Waals surface area contributed by atoms with Gasteiger partial charge in [-0.15, -0.1) is 11.3 Å². The Balaban J connectivity index is 2.11. The summed E-state index contributed by atoms with van der Waals surface area (Å²) in [5.41, 5.74) is 1.14. The Morgan fingerprint density at radius 1 is 1.44 bits per heavy atom. The van der Waals surface area contributed by atoms with E-state index >= 15 is 0 Å². The number of carbonyl (C=O) groups excluding carboxylic acids is 1. The second kappa shape index (κ2) is 5.23. The number of halogens is 1. The van der Waals surface area contributed by atoms with Gasteiger partial charge in [0.25, 0.3) is 0 Å². The summed E-state index contributed by atoms with van der Waals surface area (Å²) in [6.07, 6.45) is 3.88. The third-order valence-corrected chi connectivity index (χ3v) is 3.39. The molecule has 0 amide bonds. The van der Waals surface area contributed by atoms with Crippen molar-refractivity contribution in [2.24, 2.45) is 0 Å². The quantitative estimate of drug-likeness (QED) is 0.782. The van der Waals surface area contributed by atoms with Gasteiger partial charge < -0.3 is 4.79 Å². The normalized spacial score (nSPS) is 10.3. The van der Waals surface area contributed by atoms with Crippen molar-refractivity contribution >= 4 is 29.2 Å². The highest BCUT2D eigenvalue weighted by atomic mass is 35.5. The molecule has 0 aliphatic carbocycles. The van der Waals surface area contributed by atoms with Crippen LogP contribution in [0.1, 0.15) is 15.4 Å². The van der Waals surface area contributed by atoms with Crippen LogP contribution in [0, 0.1) is 0 Å². The van der Waals surface area contributed by atoms with E-state index in [0.29, 0.717) is 6.42 Å². The summed E-state index contributed by atoms with van der Waals surface area (Å²) in [6.45, 7) is 0. The molecular weight excluding hydrogens is 242 g/mol. The van der Waals surface area contributed by atoms with Crippen LogP contribution in [0.4, 0.5) is 0 Å². The lowest BCUT2D eigenvalue weighted by Gasteiger charge is -1.97. The van der Waals surface area contributed by atoms with Crippen molar-refractivity contribution in [3.63, 3.8) is 0 Å². The van der Waals surface area contributed by atoms with E-state index < -0.39 is 0 Å². The largest absolute Gasteiger partial charge is 0.303 e. The molecule has 0 atom stereocenters. The lowest BCUT2D eigenvalue weighted by Crippen LogP contribution is -1.85. The van der Waals surface area contributed by atoms with Crippen LogP contribution in [0.2, 0.25) is 5.02 Å². The van der Waals surface area contributed by atoms with Gasteiger partial charge in [0.1, 0.15) is 6.29 Å². The highest BCUT2D eigenvalue weighted by molar-refractivity contribution is 7.11. The molecule has 0 fully saturated rings. The van der Waals surface area contributed by atoms with Gasteiger partial charge in [0.2, 0.25) is 0 Å². The fraction of sp³-hybridized carbons (Fsp3) is 0.167. The van der Waals surface area contributed by atoms with Crippen LogP contribution in [0.5, 0.6) is 0 Å². The van der Waals surface area contributed by atoms with Crippen LogP contribution in [0.15, 0.2) is 30.5 Å². The van der Waals surface area contributed by atoms with E-state index in [1.54, 1.807) is 17.5 Å². The lowest BCUT2D eigenvalue weighted by molar-refractivity contribution is -0.107. The SMILES string of the molecule is O=CCc1cnc(Cc2cccc(Cl)c2)s1. The number of benzene rings is 1. The molecule has 2 aromatic rings. The number of aromatic nitrogens is 1. The second-order valence-corrected chi connectivity index (χ2v) is 5.03. The molecule has 1 heterocycles. The molecule has 0 radical (unpaired) electrons. The fourth-order valence-corrected chi connectivity index (χ4v) is 2.54. The number of thiazole rings is 1. The van der Waals surface area contributed by atoms with Crippen LogP contribution < -0.4 is 0 Å². The van der Waals surface area contributed by atoms with E-state index in [1.807, 2.05) is 24.3 Å². The Morgan fingerprint density at radius 2 is 2.31 bits per heavy atom. The predicted molar refractivity (Wildman–Crippen MR) is 66.1 cm³/mol. The van der Waals surface area contributed by atoms with Gasteiger partial charge in [-0.05, 0) is 17.7 Å². The molecule has 1 aromatic heterocycles. The molecule has 0 unspecified atom stereocenters. The van der Waals surface area contributed by atoms with Crippen molar-refractivity contribution in [3.8, 4) is 0 Å². The maximum Gasteiger partial charge on any atom is 0.125 e. The van der Waals surface area contributed by atoms with Crippen molar-refractivity contribution in [3.05, 3.63) is 50.9 Å². The molecule has 0 N–H and O–H groups in total. The Kier molecular flexibility index (Phi) is 3.70. The summed E-state index contributed by atoms with van der Waals surface area (Å²) < 4.78 is 0. The first-order valence-corrected chi connectivity index (χ1v) is 6.09. The Labute approximate surface area is 103 Å². The smallest absolute Gasteiger partial charge is 0.125 e. The summed E-state index contributed by atoms with van der Waals surface area (Å²) in [5, 5.41) is 1.75. The Hall–Kier alpha value is -1.19. The lowest BCUT2D eigenvalue weighted by atomic mass is 10.2. The molecule has 0 saturated carbocycles. The molecule has 4 heteroatoms. The van der Waals surface area contributed by atoms with Gasteiger partial charge in [-0.1, -0.05) is 23.7 Å². The monoisotopic (exact) mass is 251 g/mol. The average Bonchev–Trinajstić information content (AvgIpc) is 2.66. The predicted octanol–water partition coefficient (Wildman–Crippen LogP) is 3.13. The number of carbonyl (C=O) groups is 1. The summed E-state index contributed by atoms with van der Waals surface area (Å²) >= 11 is 7.48.